The molecule has 1 aliphatic rings. The topological polar surface area (TPSA) is 84.7 Å². The first kappa shape index (κ1) is 19.4. The SMILES string of the molecule is CC(C)(C)OC(=O)NCC(=O)C1CCN(Cc2ccccc2)C(N)C1. The molecule has 1 saturated heterocycles. The van der Waals surface area contributed by atoms with Gasteiger partial charge in [0.15, 0.2) is 5.78 Å². The summed E-state index contributed by atoms with van der Waals surface area (Å²) in [5, 5.41) is 2.54. The summed E-state index contributed by atoms with van der Waals surface area (Å²) in [6.07, 6.45) is 0.660. The van der Waals surface area contributed by atoms with E-state index in [1.807, 2.05) is 18.2 Å². The number of piperidine rings is 1. The summed E-state index contributed by atoms with van der Waals surface area (Å²) >= 11 is 0. The van der Waals surface area contributed by atoms with Crippen LogP contribution in [0.5, 0.6) is 0 Å². The van der Waals surface area contributed by atoms with E-state index in [0.717, 1.165) is 19.5 Å². The fourth-order valence-corrected chi connectivity index (χ4v) is 2.97. The second kappa shape index (κ2) is 8.45. The van der Waals surface area contributed by atoms with E-state index < -0.39 is 11.7 Å². The van der Waals surface area contributed by atoms with E-state index in [1.54, 1.807) is 20.8 Å². The predicted molar refractivity (Wildman–Crippen MR) is 96.8 cm³/mol. The highest BCUT2D eigenvalue weighted by atomic mass is 16.6. The van der Waals surface area contributed by atoms with Crippen molar-refractivity contribution in [1.29, 1.82) is 0 Å². The van der Waals surface area contributed by atoms with Crippen LogP contribution < -0.4 is 11.1 Å². The summed E-state index contributed by atoms with van der Waals surface area (Å²) in [7, 11) is 0. The molecule has 0 saturated carbocycles. The van der Waals surface area contributed by atoms with Crippen molar-refractivity contribution >= 4 is 11.9 Å². The number of nitrogens with two attached hydrogens (primary N) is 1. The second-order valence-electron chi connectivity index (χ2n) is 7.57. The molecule has 1 heterocycles. The molecule has 2 unspecified atom stereocenters. The van der Waals surface area contributed by atoms with Crippen molar-refractivity contribution in [3.63, 3.8) is 0 Å². The number of nitrogens with one attached hydrogen (secondary N) is 1. The Morgan fingerprint density at radius 2 is 1.96 bits per heavy atom. The van der Waals surface area contributed by atoms with Crippen LogP contribution in [0.15, 0.2) is 30.3 Å². The molecule has 2 rings (SSSR count). The highest BCUT2D eigenvalue weighted by Gasteiger charge is 2.30. The van der Waals surface area contributed by atoms with Gasteiger partial charge >= 0.3 is 6.09 Å². The molecule has 6 heteroatoms. The Balaban J connectivity index is 1.77. The van der Waals surface area contributed by atoms with Crippen molar-refractivity contribution in [2.75, 3.05) is 13.1 Å². The average molecular weight is 347 g/mol. The number of rotatable bonds is 5. The third-order valence-corrected chi connectivity index (χ3v) is 4.25. The van der Waals surface area contributed by atoms with Gasteiger partial charge in [-0.15, -0.1) is 0 Å². The third-order valence-electron chi connectivity index (χ3n) is 4.25. The highest BCUT2D eigenvalue weighted by Crippen LogP contribution is 2.22. The summed E-state index contributed by atoms with van der Waals surface area (Å²) in [5.74, 6) is -0.0994. The number of hydrogen-bond acceptors (Lipinski definition) is 5. The number of likely N-dealkylation sites (tertiary alicyclic amines) is 1. The van der Waals surface area contributed by atoms with Gasteiger partial charge in [-0.1, -0.05) is 30.3 Å². The first-order chi connectivity index (χ1) is 11.7. The molecule has 6 nitrogen and oxygen atoms in total. The van der Waals surface area contributed by atoms with Crippen molar-refractivity contribution in [3.05, 3.63) is 35.9 Å². The highest BCUT2D eigenvalue weighted by molar-refractivity contribution is 5.86. The van der Waals surface area contributed by atoms with Crippen molar-refractivity contribution in [1.82, 2.24) is 10.2 Å². The molecule has 0 aliphatic carbocycles. The number of ketones is 1. The third kappa shape index (κ3) is 6.48. The normalized spacial score (nSPS) is 21.6. The van der Waals surface area contributed by atoms with Crippen LogP contribution in [0.1, 0.15) is 39.2 Å². The van der Waals surface area contributed by atoms with Crippen molar-refractivity contribution in [2.24, 2.45) is 11.7 Å². The van der Waals surface area contributed by atoms with E-state index >= 15 is 0 Å². The molecule has 0 aromatic heterocycles. The van der Waals surface area contributed by atoms with Gasteiger partial charge in [0.1, 0.15) is 5.60 Å². The molecule has 0 spiro atoms. The largest absolute Gasteiger partial charge is 0.444 e. The molecule has 0 bridgehead atoms. The molecule has 138 valence electrons. The fraction of sp³-hybridized carbons (Fsp3) is 0.579. The van der Waals surface area contributed by atoms with Crippen LogP contribution in [0.25, 0.3) is 0 Å². The van der Waals surface area contributed by atoms with E-state index in [4.69, 9.17) is 10.5 Å². The Morgan fingerprint density at radius 3 is 2.56 bits per heavy atom. The number of nitrogens with zero attached hydrogens (tertiary/aromatic N) is 1. The van der Waals surface area contributed by atoms with Crippen LogP contribution in [0, 0.1) is 5.92 Å². The number of carbonyl (C=O) groups is 2. The van der Waals surface area contributed by atoms with Gasteiger partial charge in [0.05, 0.1) is 12.7 Å². The average Bonchev–Trinajstić information content (AvgIpc) is 2.54. The van der Waals surface area contributed by atoms with Gasteiger partial charge < -0.3 is 15.8 Å². The maximum atomic E-state index is 12.3. The summed E-state index contributed by atoms with van der Waals surface area (Å²) in [6, 6.07) is 10.2. The summed E-state index contributed by atoms with van der Waals surface area (Å²) < 4.78 is 5.14. The summed E-state index contributed by atoms with van der Waals surface area (Å²) in [5.41, 5.74) is 6.90. The number of hydrogen-bond donors (Lipinski definition) is 2. The first-order valence-electron chi connectivity index (χ1n) is 8.78. The lowest BCUT2D eigenvalue weighted by atomic mass is 9.90. The number of ether oxygens (including phenoxy) is 1. The number of amides is 1. The molecular weight excluding hydrogens is 318 g/mol. The standard InChI is InChI=1S/C19H29N3O3/c1-19(2,3)25-18(24)21-12-16(23)15-9-10-22(17(20)11-15)13-14-7-5-4-6-8-14/h4-8,15,17H,9-13,20H2,1-3H3,(H,21,24). The zero-order valence-electron chi connectivity index (χ0n) is 15.3. The Bertz CT molecular complexity index is 583. The van der Waals surface area contributed by atoms with Gasteiger partial charge in [-0.05, 0) is 39.2 Å². The van der Waals surface area contributed by atoms with E-state index in [0.29, 0.717) is 6.42 Å². The van der Waals surface area contributed by atoms with E-state index in [9.17, 15) is 9.59 Å². The second-order valence-corrected chi connectivity index (χ2v) is 7.57. The van der Waals surface area contributed by atoms with Gasteiger partial charge in [-0.3, -0.25) is 9.69 Å². The first-order valence-corrected chi connectivity index (χ1v) is 8.78. The van der Waals surface area contributed by atoms with Gasteiger partial charge in [0.2, 0.25) is 0 Å². The molecule has 2 atom stereocenters. The Hall–Kier alpha value is -1.92. The van der Waals surface area contributed by atoms with Crippen LogP contribution in [0.3, 0.4) is 0 Å². The molecular formula is C19H29N3O3. The molecule has 0 radical (unpaired) electrons. The zero-order chi connectivity index (χ0) is 18.4. The van der Waals surface area contributed by atoms with Gasteiger partial charge in [-0.25, -0.2) is 4.79 Å². The van der Waals surface area contributed by atoms with Crippen molar-refractivity contribution in [3.8, 4) is 0 Å². The molecule has 1 fully saturated rings. The number of Topliss-reactive ketones (excluding diaryl/α,β-unsaturated/α-hetero) is 1. The number of carbonyl (C=O) groups excluding carboxylic acids is 2. The molecule has 3 N–H and O–H groups in total. The van der Waals surface area contributed by atoms with Crippen LogP contribution in [-0.4, -0.2) is 41.6 Å². The van der Waals surface area contributed by atoms with Crippen LogP contribution in [-0.2, 0) is 16.1 Å². The number of alkyl carbamates (subject to hydrolysis) is 1. The molecule has 1 aromatic carbocycles. The lowest BCUT2D eigenvalue weighted by molar-refractivity contribution is -0.124. The Morgan fingerprint density at radius 1 is 1.28 bits per heavy atom. The van der Waals surface area contributed by atoms with Crippen LogP contribution >= 0.6 is 0 Å². The minimum atomic E-state index is -0.571. The van der Waals surface area contributed by atoms with E-state index in [1.165, 1.54) is 5.56 Å². The lowest BCUT2D eigenvalue weighted by Crippen LogP contribution is -2.49. The molecule has 1 amide bonds. The van der Waals surface area contributed by atoms with E-state index in [2.05, 4.69) is 22.3 Å². The predicted octanol–water partition coefficient (Wildman–Crippen LogP) is 2.28. The molecule has 1 aliphatic heterocycles. The molecule has 25 heavy (non-hydrogen) atoms. The van der Waals surface area contributed by atoms with Crippen molar-refractivity contribution < 1.29 is 14.3 Å². The number of benzene rings is 1. The summed E-state index contributed by atoms with van der Waals surface area (Å²) in [6.45, 7) is 6.92. The monoisotopic (exact) mass is 347 g/mol. The van der Waals surface area contributed by atoms with Gasteiger partial charge in [0.25, 0.3) is 0 Å². The van der Waals surface area contributed by atoms with Gasteiger partial charge in [-0.2, -0.15) is 0 Å². The summed E-state index contributed by atoms with van der Waals surface area (Å²) in [4.78, 5) is 26.2. The van der Waals surface area contributed by atoms with Crippen molar-refractivity contribution in [2.45, 2.75) is 51.9 Å². The smallest absolute Gasteiger partial charge is 0.408 e. The Kier molecular flexibility index (Phi) is 6.56. The lowest BCUT2D eigenvalue weighted by Gasteiger charge is -2.36. The van der Waals surface area contributed by atoms with Crippen LogP contribution in [0.4, 0.5) is 4.79 Å². The maximum absolute atomic E-state index is 12.3. The molecule has 1 aromatic rings. The zero-order valence-corrected chi connectivity index (χ0v) is 15.3. The van der Waals surface area contributed by atoms with E-state index in [-0.39, 0.29) is 24.4 Å². The van der Waals surface area contributed by atoms with Gasteiger partial charge in [0, 0.05) is 19.0 Å². The minimum absolute atomic E-state index is 0.00894. The minimum Gasteiger partial charge on any atom is -0.444 e. The Labute approximate surface area is 149 Å². The fourth-order valence-electron chi connectivity index (χ4n) is 2.97. The maximum Gasteiger partial charge on any atom is 0.408 e. The van der Waals surface area contributed by atoms with Crippen LogP contribution in [0.2, 0.25) is 0 Å². The quantitative estimate of drug-likeness (QED) is 0.853.